The number of rotatable bonds is 5. The van der Waals surface area contributed by atoms with Crippen LogP contribution >= 0.6 is 0 Å². The van der Waals surface area contributed by atoms with Crippen LogP contribution in [0.3, 0.4) is 0 Å². The Bertz CT molecular complexity index is 1030. The van der Waals surface area contributed by atoms with Crippen LogP contribution in [0.5, 0.6) is 0 Å². The fraction of sp³-hybridized carbons (Fsp3) is 0.273. The number of hydrogen-bond donors (Lipinski definition) is 3. The van der Waals surface area contributed by atoms with Gasteiger partial charge in [-0.15, -0.1) is 0 Å². The third-order valence-electron chi connectivity index (χ3n) is 4.52. The molecule has 0 saturated carbocycles. The maximum Gasteiger partial charge on any atom is 0.136 e. The molecule has 4 N–H and O–H groups in total. The van der Waals surface area contributed by atoms with Gasteiger partial charge < -0.3 is 20.5 Å². The van der Waals surface area contributed by atoms with Crippen molar-refractivity contribution in [3.05, 3.63) is 65.6 Å². The first kappa shape index (κ1) is 18.9. The molecule has 1 atom stereocenters. The molecule has 0 fully saturated rings. The number of aldehydes is 1. The van der Waals surface area contributed by atoms with Crippen LogP contribution in [0.2, 0.25) is 0 Å². The van der Waals surface area contributed by atoms with E-state index in [4.69, 9.17) is 5.73 Å². The number of aromatic nitrogens is 3. The standard InChI is InChI=1S/C17H15N3.C5H11NO/c1-11-6-7-15-16(8-11)20-17(19-15)9-12-10-18-14-5-3-2-4-13(12)14;1-2-3-5(6)4-7/h2-8,10,18H,9H2,1H3,(H,19,20);4-5H,2-3,6H2,1H3. The molecule has 0 spiro atoms. The van der Waals surface area contributed by atoms with E-state index in [1.54, 1.807) is 0 Å². The number of nitrogens with zero attached hydrogens (tertiary/aromatic N) is 1. The van der Waals surface area contributed by atoms with Gasteiger partial charge in [0, 0.05) is 23.5 Å². The summed E-state index contributed by atoms with van der Waals surface area (Å²) in [5, 5.41) is 1.27. The van der Waals surface area contributed by atoms with Crippen LogP contribution in [0.25, 0.3) is 21.9 Å². The van der Waals surface area contributed by atoms with Gasteiger partial charge in [0.1, 0.15) is 12.1 Å². The number of H-pyrrole nitrogens is 2. The van der Waals surface area contributed by atoms with Crippen LogP contribution in [0.4, 0.5) is 0 Å². The number of hydrogen-bond acceptors (Lipinski definition) is 3. The van der Waals surface area contributed by atoms with Gasteiger partial charge in [0.05, 0.1) is 17.1 Å². The van der Waals surface area contributed by atoms with Crippen molar-refractivity contribution in [2.45, 2.75) is 39.2 Å². The smallest absolute Gasteiger partial charge is 0.136 e. The fourth-order valence-corrected chi connectivity index (χ4v) is 3.12. The highest BCUT2D eigenvalue weighted by Gasteiger charge is 2.07. The molecule has 5 nitrogen and oxygen atoms in total. The number of nitrogens with one attached hydrogen (secondary N) is 2. The lowest BCUT2D eigenvalue weighted by atomic mass is 10.1. The number of benzene rings is 2. The van der Waals surface area contributed by atoms with E-state index in [9.17, 15) is 4.79 Å². The summed E-state index contributed by atoms with van der Waals surface area (Å²) in [6.45, 7) is 4.10. The van der Waals surface area contributed by atoms with Gasteiger partial charge in [-0.2, -0.15) is 0 Å². The van der Waals surface area contributed by atoms with Gasteiger partial charge in [0.25, 0.3) is 0 Å². The van der Waals surface area contributed by atoms with Gasteiger partial charge in [0.2, 0.25) is 0 Å². The van der Waals surface area contributed by atoms with Crippen LogP contribution in [0.1, 0.15) is 36.7 Å². The van der Waals surface area contributed by atoms with Gasteiger partial charge in [-0.25, -0.2) is 4.98 Å². The van der Waals surface area contributed by atoms with Crippen molar-refractivity contribution in [2.75, 3.05) is 0 Å². The normalized spacial score (nSPS) is 12.0. The van der Waals surface area contributed by atoms with Crippen molar-refractivity contribution < 1.29 is 4.79 Å². The average molecular weight is 362 g/mol. The van der Waals surface area contributed by atoms with Crippen LogP contribution in [-0.2, 0) is 11.2 Å². The summed E-state index contributed by atoms with van der Waals surface area (Å²) in [4.78, 5) is 21.2. The first-order valence-electron chi connectivity index (χ1n) is 9.31. The molecule has 0 aliphatic rings. The number of aromatic amines is 2. The van der Waals surface area contributed by atoms with E-state index in [1.807, 2.05) is 13.0 Å². The van der Waals surface area contributed by atoms with E-state index in [0.717, 1.165) is 42.4 Å². The SMILES string of the molecule is CCCC(N)C=O.Cc1ccc2nc(Cc3c[nH]c4ccccc34)[nH]c2c1. The Balaban J connectivity index is 0.000000260. The Hall–Kier alpha value is -2.92. The summed E-state index contributed by atoms with van der Waals surface area (Å²) >= 11 is 0. The maximum atomic E-state index is 9.77. The number of carbonyl (C=O) groups excluding carboxylic acids is 1. The minimum absolute atomic E-state index is 0.231. The van der Waals surface area contributed by atoms with E-state index >= 15 is 0 Å². The minimum Gasteiger partial charge on any atom is -0.361 e. The largest absolute Gasteiger partial charge is 0.361 e. The summed E-state index contributed by atoms with van der Waals surface area (Å²) in [5.41, 5.74) is 11.1. The third-order valence-corrected chi connectivity index (χ3v) is 4.52. The molecule has 4 aromatic rings. The van der Waals surface area contributed by atoms with E-state index in [1.165, 1.54) is 22.0 Å². The van der Waals surface area contributed by atoms with Gasteiger partial charge in [-0.05, 0) is 42.7 Å². The molecular weight excluding hydrogens is 336 g/mol. The predicted octanol–water partition coefficient (Wildman–Crippen LogP) is 4.26. The van der Waals surface area contributed by atoms with Crippen molar-refractivity contribution in [1.82, 2.24) is 15.0 Å². The predicted molar refractivity (Wildman–Crippen MR) is 111 cm³/mol. The van der Waals surface area contributed by atoms with E-state index in [2.05, 4.69) is 64.5 Å². The summed E-state index contributed by atoms with van der Waals surface area (Å²) in [6, 6.07) is 14.4. The molecule has 0 saturated heterocycles. The molecule has 0 bridgehead atoms. The fourth-order valence-electron chi connectivity index (χ4n) is 3.12. The molecule has 0 radical (unpaired) electrons. The van der Waals surface area contributed by atoms with Gasteiger partial charge in [-0.3, -0.25) is 0 Å². The molecule has 4 rings (SSSR count). The number of nitrogens with two attached hydrogens (primary N) is 1. The van der Waals surface area contributed by atoms with Crippen molar-refractivity contribution in [3.63, 3.8) is 0 Å². The highest BCUT2D eigenvalue weighted by molar-refractivity contribution is 5.83. The Morgan fingerprint density at radius 1 is 1.19 bits per heavy atom. The van der Waals surface area contributed by atoms with Crippen molar-refractivity contribution in [1.29, 1.82) is 0 Å². The lowest BCUT2D eigenvalue weighted by Gasteiger charge is -1.95. The molecule has 2 aromatic carbocycles. The number of para-hydroxylation sites is 1. The molecule has 0 aliphatic heterocycles. The lowest BCUT2D eigenvalue weighted by Crippen LogP contribution is -2.20. The highest BCUT2D eigenvalue weighted by Crippen LogP contribution is 2.21. The quantitative estimate of drug-likeness (QED) is 0.464. The number of imidazole rings is 1. The Kier molecular flexibility index (Phi) is 6.04. The maximum absolute atomic E-state index is 9.77. The topological polar surface area (TPSA) is 87.6 Å². The van der Waals surface area contributed by atoms with Crippen molar-refractivity contribution in [2.24, 2.45) is 5.73 Å². The minimum atomic E-state index is -0.231. The van der Waals surface area contributed by atoms with Gasteiger partial charge >= 0.3 is 0 Å². The molecule has 2 aromatic heterocycles. The van der Waals surface area contributed by atoms with Gasteiger partial charge in [-0.1, -0.05) is 37.6 Å². The zero-order valence-corrected chi connectivity index (χ0v) is 15.8. The molecular formula is C22H26N4O. The second-order valence-corrected chi connectivity index (χ2v) is 6.83. The van der Waals surface area contributed by atoms with E-state index < -0.39 is 0 Å². The Morgan fingerprint density at radius 3 is 2.74 bits per heavy atom. The van der Waals surface area contributed by atoms with E-state index in [-0.39, 0.29) is 6.04 Å². The summed E-state index contributed by atoms with van der Waals surface area (Å²) < 4.78 is 0. The van der Waals surface area contributed by atoms with Crippen LogP contribution in [-0.4, -0.2) is 27.3 Å². The molecule has 2 heterocycles. The second-order valence-electron chi connectivity index (χ2n) is 6.83. The van der Waals surface area contributed by atoms with Crippen LogP contribution in [0, 0.1) is 6.92 Å². The number of aryl methyl sites for hydroxylation is 1. The molecule has 0 amide bonds. The zero-order chi connectivity index (χ0) is 19.2. The Morgan fingerprint density at radius 2 is 2.00 bits per heavy atom. The number of carbonyl (C=O) groups is 1. The Labute approximate surface area is 159 Å². The second kappa shape index (κ2) is 8.64. The van der Waals surface area contributed by atoms with E-state index in [0.29, 0.717) is 0 Å². The van der Waals surface area contributed by atoms with Crippen molar-refractivity contribution >= 4 is 28.2 Å². The monoisotopic (exact) mass is 362 g/mol. The molecule has 0 aliphatic carbocycles. The lowest BCUT2D eigenvalue weighted by molar-refractivity contribution is -0.109. The first-order valence-corrected chi connectivity index (χ1v) is 9.31. The van der Waals surface area contributed by atoms with Crippen LogP contribution < -0.4 is 5.73 Å². The number of fused-ring (bicyclic) bond motifs is 2. The first-order chi connectivity index (χ1) is 13.1. The average Bonchev–Trinajstić information content (AvgIpc) is 3.26. The molecule has 140 valence electrons. The zero-order valence-electron chi connectivity index (χ0n) is 15.8. The molecule has 1 unspecified atom stereocenters. The molecule has 5 heteroatoms. The summed E-state index contributed by atoms with van der Waals surface area (Å²) in [6.07, 6.45) is 5.47. The van der Waals surface area contributed by atoms with Crippen molar-refractivity contribution in [3.8, 4) is 0 Å². The van der Waals surface area contributed by atoms with Gasteiger partial charge in [0.15, 0.2) is 0 Å². The molecule has 27 heavy (non-hydrogen) atoms. The highest BCUT2D eigenvalue weighted by atomic mass is 16.1. The summed E-state index contributed by atoms with van der Waals surface area (Å²) in [5.74, 6) is 1.01. The summed E-state index contributed by atoms with van der Waals surface area (Å²) in [7, 11) is 0. The third kappa shape index (κ3) is 4.63. The van der Waals surface area contributed by atoms with Crippen LogP contribution in [0.15, 0.2) is 48.7 Å².